The first-order valence-electron chi connectivity index (χ1n) is 14.0. The summed E-state index contributed by atoms with van der Waals surface area (Å²) >= 11 is 0. The molecule has 3 heterocycles. The molecule has 0 aliphatic rings. The number of hydrogen-bond acceptors (Lipinski definition) is 4. The van der Waals surface area contributed by atoms with E-state index in [1.54, 1.807) is 6.33 Å². The van der Waals surface area contributed by atoms with Gasteiger partial charge in [0.25, 0.3) is 0 Å². The standard InChI is InChI=1S/C38H22N2O2/c1-2-13-28-23(8-1)18-19-32-35-38(42-37(28)32)34(39-22-40-35)27-12-6-10-25(21-27)24-9-5-11-26(20-24)29-15-7-16-31-30-14-3-4-17-33(30)41-36(29)31/h1-22H. The largest absolute Gasteiger partial charge is 0.455 e. The topological polar surface area (TPSA) is 52.1 Å². The summed E-state index contributed by atoms with van der Waals surface area (Å²) in [6.07, 6.45) is 1.63. The third-order valence-corrected chi connectivity index (χ3v) is 8.19. The van der Waals surface area contributed by atoms with E-state index in [1.807, 2.05) is 24.3 Å². The van der Waals surface area contributed by atoms with Crippen molar-refractivity contribution in [1.29, 1.82) is 0 Å². The number of nitrogens with zero attached hydrogens (tertiary/aromatic N) is 2. The van der Waals surface area contributed by atoms with Gasteiger partial charge in [-0.1, -0.05) is 103 Å². The van der Waals surface area contributed by atoms with Crippen LogP contribution in [0.1, 0.15) is 0 Å². The fourth-order valence-electron chi connectivity index (χ4n) is 6.20. The monoisotopic (exact) mass is 538 g/mol. The summed E-state index contributed by atoms with van der Waals surface area (Å²) in [5, 5.41) is 5.47. The molecule has 0 aliphatic carbocycles. The number of fused-ring (bicyclic) bond motifs is 8. The second-order valence-corrected chi connectivity index (χ2v) is 10.6. The second kappa shape index (κ2) is 8.88. The SMILES string of the molecule is c1cc(-c2cccc(-c3ncnc4c3oc3c5ccccc5ccc43)c2)cc(-c2cccc3c2oc2ccccc23)c1. The lowest BCUT2D eigenvalue weighted by molar-refractivity contribution is 0.670. The molecule has 0 aliphatic heterocycles. The van der Waals surface area contributed by atoms with Crippen LogP contribution in [0.25, 0.3) is 88.3 Å². The molecule has 0 unspecified atom stereocenters. The van der Waals surface area contributed by atoms with Gasteiger partial charge in [-0.3, -0.25) is 0 Å². The van der Waals surface area contributed by atoms with Crippen LogP contribution in [-0.4, -0.2) is 9.97 Å². The van der Waals surface area contributed by atoms with Crippen LogP contribution in [0.5, 0.6) is 0 Å². The number of furan rings is 2. The van der Waals surface area contributed by atoms with E-state index in [-0.39, 0.29) is 0 Å². The molecule has 196 valence electrons. The Kier molecular flexibility index (Phi) is 4.87. The van der Waals surface area contributed by atoms with Crippen molar-refractivity contribution >= 4 is 54.8 Å². The molecule has 0 fully saturated rings. The first-order valence-corrected chi connectivity index (χ1v) is 14.0. The molecule has 0 N–H and O–H groups in total. The first kappa shape index (κ1) is 23.0. The van der Waals surface area contributed by atoms with Gasteiger partial charge >= 0.3 is 0 Å². The van der Waals surface area contributed by atoms with E-state index in [0.29, 0.717) is 5.58 Å². The van der Waals surface area contributed by atoms with Gasteiger partial charge in [-0.25, -0.2) is 9.97 Å². The van der Waals surface area contributed by atoms with E-state index in [4.69, 9.17) is 13.8 Å². The number of benzene rings is 6. The van der Waals surface area contributed by atoms with E-state index in [1.165, 1.54) is 0 Å². The molecule has 0 amide bonds. The van der Waals surface area contributed by atoms with Crippen LogP contribution in [0.2, 0.25) is 0 Å². The third-order valence-electron chi connectivity index (χ3n) is 8.19. The molecule has 9 rings (SSSR count). The first-order chi connectivity index (χ1) is 20.8. The highest BCUT2D eigenvalue weighted by atomic mass is 16.3. The second-order valence-electron chi connectivity index (χ2n) is 10.6. The summed E-state index contributed by atoms with van der Waals surface area (Å²) in [4.78, 5) is 9.30. The van der Waals surface area contributed by atoms with Crippen LogP contribution in [0, 0.1) is 0 Å². The predicted octanol–water partition coefficient (Wildman–Crippen LogP) is 10.4. The summed E-state index contributed by atoms with van der Waals surface area (Å²) in [5.74, 6) is 0. The van der Waals surface area contributed by atoms with Gasteiger partial charge in [0, 0.05) is 32.7 Å². The minimum Gasteiger partial charge on any atom is -0.455 e. The number of hydrogen-bond donors (Lipinski definition) is 0. The number of para-hydroxylation sites is 2. The average molecular weight is 539 g/mol. The predicted molar refractivity (Wildman–Crippen MR) is 170 cm³/mol. The normalized spacial score (nSPS) is 11.8. The maximum Gasteiger partial charge on any atom is 0.180 e. The minimum absolute atomic E-state index is 0.700. The van der Waals surface area contributed by atoms with Crippen LogP contribution < -0.4 is 0 Å². The van der Waals surface area contributed by atoms with E-state index in [9.17, 15) is 0 Å². The molecule has 0 saturated heterocycles. The van der Waals surface area contributed by atoms with Crippen molar-refractivity contribution in [3.8, 4) is 33.5 Å². The van der Waals surface area contributed by atoms with Crippen LogP contribution in [-0.2, 0) is 0 Å². The maximum atomic E-state index is 6.50. The quantitative estimate of drug-likeness (QED) is 0.224. The molecule has 0 atom stereocenters. The van der Waals surface area contributed by atoms with E-state index >= 15 is 0 Å². The fraction of sp³-hybridized carbons (Fsp3) is 0. The summed E-state index contributed by atoms with van der Waals surface area (Å²) in [5.41, 5.74) is 10.3. The highest BCUT2D eigenvalue weighted by molar-refractivity contribution is 6.15. The molecule has 4 nitrogen and oxygen atoms in total. The van der Waals surface area contributed by atoms with Crippen LogP contribution in [0.3, 0.4) is 0 Å². The highest BCUT2D eigenvalue weighted by Gasteiger charge is 2.17. The molecule has 0 bridgehead atoms. The molecule has 0 radical (unpaired) electrons. The van der Waals surface area contributed by atoms with Gasteiger partial charge in [0.2, 0.25) is 0 Å². The molecule has 6 aromatic carbocycles. The molecule has 0 saturated carbocycles. The van der Waals surface area contributed by atoms with Crippen LogP contribution in [0.15, 0.2) is 143 Å². The lowest BCUT2D eigenvalue weighted by Crippen LogP contribution is -1.88. The van der Waals surface area contributed by atoms with Crippen molar-refractivity contribution in [3.63, 3.8) is 0 Å². The Morgan fingerprint density at radius 3 is 2.05 bits per heavy atom. The Hall–Kier alpha value is -5.74. The van der Waals surface area contributed by atoms with Crippen molar-refractivity contribution in [2.24, 2.45) is 0 Å². The molecular formula is C38H22N2O2. The highest BCUT2D eigenvalue weighted by Crippen LogP contribution is 2.39. The Bertz CT molecular complexity index is 2480. The van der Waals surface area contributed by atoms with Crippen molar-refractivity contribution < 1.29 is 8.83 Å². The third kappa shape index (κ3) is 3.42. The molecular weight excluding hydrogens is 516 g/mol. The minimum atomic E-state index is 0.700. The lowest BCUT2D eigenvalue weighted by atomic mass is 9.96. The number of rotatable bonds is 3. The van der Waals surface area contributed by atoms with E-state index < -0.39 is 0 Å². The zero-order valence-corrected chi connectivity index (χ0v) is 22.4. The smallest absolute Gasteiger partial charge is 0.180 e. The summed E-state index contributed by atoms with van der Waals surface area (Å²) in [7, 11) is 0. The van der Waals surface area contributed by atoms with Gasteiger partial charge in [0.1, 0.15) is 34.3 Å². The molecule has 9 aromatic rings. The van der Waals surface area contributed by atoms with Gasteiger partial charge in [0.15, 0.2) is 5.58 Å². The Balaban J connectivity index is 1.18. The maximum absolute atomic E-state index is 6.50. The summed E-state index contributed by atoms with van der Waals surface area (Å²) < 4.78 is 12.8. The summed E-state index contributed by atoms with van der Waals surface area (Å²) in [6.45, 7) is 0. The molecule has 0 spiro atoms. The van der Waals surface area contributed by atoms with Crippen molar-refractivity contribution in [2.45, 2.75) is 0 Å². The lowest BCUT2D eigenvalue weighted by Gasteiger charge is -2.09. The van der Waals surface area contributed by atoms with E-state index in [2.05, 4.69) is 108 Å². The van der Waals surface area contributed by atoms with Crippen molar-refractivity contribution in [3.05, 3.63) is 134 Å². The van der Waals surface area contributed by atoms with Crippen molar-refractivity contribution in [2.75, 3.05) is 0 Å². The Morgan fingerprint density at radius 2 is 1.14 bits per heavy atom. The van der Waals surface area contributed by atoms with Crippen LogP contribution in [0.4, 0.5) is 0 Å². The van der Waals surface area contributed by atoms with E-state index in [0.717, 1.165) is 82.7 Å². The average Bonchev–Trinajstić information content (AvgIpc) is 3.64. The Labute approximate surface area is 240 Å². The Morgan fingerprint density at radius 1 is 0.429 bits per heavy atom. The van der Waals surface area contributed by atoms with Gasteiger partial charge in [-0.05, 0) is 46.3 Å². The molecule has 3 aromatic heterocycles. The molecule has 42 heavy (non-hydrogen) atoms. The fourth-order valence-corrected chi connectivity index (χ4v) is 6.20. The zero-order valence-electron chi connectivity index (χ0n) is 22.4. The van der Waals surface area contributed by atoms with Gasteiger partial charge in [0.05, 0.1) is 0 Å². The number of aromatic nitrogens is 2. The van der Waals surface area contributed by atoms with Gasteiger partial charge in [-0.15, -0.1) is 0 Å². The van der Waals surface area contributed by atoms with Crippen LogP contribution >= 0.6 is 0 Å². The summed E-state index contributed by atoms with van der Waals surface area (Å²) in [6, 6.07) is 44.1. The zero-order chi connectivity index (χ0) is 27.6. The van der Waals surface area contributed by atoms with Gasteiger partial charge in [-0.2, -0.15) is 0 Å². The molecule has 4 heteroatoms. The van der Waals surface area contributed by atoms with Crippen molar-refractivity contribution in [1.82, 2.24) is 9.97 Å². The van der Waals surface area contributed by atoms with Gasteiger partial charge < -0.3 is 8.83 Å².